The van der Waals surface area contributed by atoms with E-state index in [0.29, 0.717) is 5.92 Å². The molecule has 2 rings (SSSR count). The molecule has 0 aliphatic heterocycles. The standard InChI is InChI=1S/C20H24/c1-4-19(5-2)20-14-12-18(13-15-20)11-10-17-8-6-16(3)7-9-17/h6-15,19H,4-5H2,1-3H3/b11-10+. The molecule has 0 aromatic heterocycles. The summed E-state index contributed by atoms with van der Waals surface area (Å²) in [4.78, 5) is 0. The van der Waals surface area contributed by atoms with E-state index in [2.05, 4.69) is 81.5 Å². The summed E-state index contributed by atoms with van der Waals surface area (Å²) < 4.78 is 0. The van der Waals surface area contributed by atoms with Crippen LogP contribution in [0.2, 0.25) is 0 Å². The molecule has 0 radical (unpaired) electrons. The molecule has 0 heteroatoms. The maximum Gasteiger partial charge on any atom is -0.0167 e. The zero-order valence-corrected chi connectivity index (χ0v) is 12.8. The fourth-order valence-electron chi connectivity index (χ4n) is 2.51. The summed E-state index contributed by atoms with van der Waals surface area (Å²) in [6.45, 7) is 6.64. The molecule has 0 spiro atoms. The Labute approximate surface area is 123 Å². The van der Waals surface area contributed by atoms with Crippen LogP contribution in [-0.2, 0) is 0 Å². The number of aryl methyl sites for hydroxylation is 1. The van der Waals surface area contributed by atoms with E-state index in [-0.39, 0.29) is 0 Å². The molecule has 0 amide bonds. The second-order valence-electron chi connectivity index (χ2n) is 5.42. The Morgan fingerprint density at radius 3 is 1.65 bits per heavy atom. The molecule has 0 fully saturated rings. The minimum Gasteiger partial charge on any atom is -0.0648 e. The summed E-state index contributed by atoms with van der Waals surface area (Å²) in [6, 6.07) is 17.6. The van der Waals surface area contributed by atoms with E-state index in [0.717, 1.165) is 0 Å². The summed E-state index contributed by atoms with van der Waals surface area (Å²) in [5.41, 5.74) is 5.28. The van der Waals surface area contributed by atoms with Crippen molar-refractivity contribution in [3.05, 3.63) is 70.8 Å². The van der Waals surface area contributed by atoms with Gasteiger partial charge in [-0.25, -0.2) is 0 Å². The monoisotopic (exact) mass is 264 g/mol. The van der Waals surface area contributed by atoms with Gasteiger partial charge in [-0.2, -0.15) is 0 Å². The lowest BCUT2D eigenvalue weighted by molar-refractivity contribution is 0.642. The first kappa shape index (κ1) is 14.6. The van der Waals surface area contributed by atoms with Gasteiger partial charge >= 0.3 is 0 Å². The van der Waals surface area contributed by atoms with Crippen LogP contribution in [0.5, 0.6) is 0 Å². The first-order valence-corrected chi connectivity index (χ1v) is 7.57. The van der Waals surface area contributed by atoms with Crippen LogP contribution in [0.1, 0.15) is 54.9 Å². The topological polar surface area (TPSA) is 0 Å². The predicted molar refractivity (Wildman–Crippen MR) is 89.9 cm³/mol. The Bertz CT molecular complexity index is 540. The van der Waals surface area contributed by atoms with Gasteiger partial charge in [0.2, 0.25) is 0 Å². The van der Waals surface area contributed by atoms with E-state index >= 15 is 0 Å². The molecular weight excluding hydrogens is 240 g/mol. The number of benzene rings is 2. The summed E-state index contributed by atoms with van der Waals surface area (Å²) >= 11 is 0. The van der Waals surface area contributed by atoms with Gasteiger partial charge in [-0.05, 0) is 42.4 Å². The van der Waals surface area contributed by atoms with Crippen LogP contribution in [0, 0.1) is 6.92 Å². The maximum absolute atomic E-state index is 2.27. The fourth-order valence-corrected chi connectivity index (χ4v) is 2.51. The van der Waals surface area contributed by atoms with Gasteiger partial charge in [-0.1, -0.05) is 80.1 Å². The Hall–Kier alpha value is -1.82. The Balaban J connectivity index is 2.08. The fraction of sp³-hybridized carbons (Fsp3) is 0.300. The Morgan fingerprint density at radius 1 is 0.750 bits per heavy atom. The summed E-state index contributed by atoms with van der Waals surface area (Å²) in [5, 5.41) is 0. The van der Waals surface area contributed by atoms with E-state index in [4.69, 9.17) is 0 Å². The third kappa shape index (κ3) is 3.84. The Kier molecular flexibility index (Phi) is 5.17. The largest absolute Gasteiger partial charge is 0.0648 e. The maximum atomic E-state index is 2.27. The van der Waals surface area contributed by atoms with Crippen molar-refractivity contribution in [2.24, 2.45) is 0 Å². The number of hydrogen-bond acceptors (Lipinski definition) is 0. The van der Waals surface area contributed by atoms with Crippen molar-refractivity contribution in [3.63, 3.8) is 0 Å². The van der Waals surface area contributed by atoms with E-state index in [1.165, 1.54) is 35.1 Å². The average Bonchev–Trinajstić information content (AvgIpc) is 2.49. The minimum atomic E-state index is 0.699. The normalized spacial score (nSPS) is 11.4. The molecule has 0 nitrogen and oxygen atoms in total. The van der Waals surface area contributed by atoms with Gasteiger partial charge < -0.3 is 0 Å². The number of rotatable bonds is 5. The molecule has 0 N–H and O–H groups in total. The van der Waals surface area contributed by atoms with E-state index in [1.54, 1.807) is 0 Å². The molecule has 0 aliphatic carbocycles. The van der Waals surface area contributed by atoms with Crippen LogP contribution in [0.4, 0.5) is 0 Å². The summed E-state index contributed by atoms with van der Waals surface area (Å²) in [6.07, 6.45) is 6.79. The van der Waals surface area contributed by atoms with Crippen molar-refractivity contribution in [1.29, 1.82) is 0 Å². The molecular formula is C20H24. The van der Waals surface area contributed by atoms with Crippen LogP contribution in [0.3, 0.4) is 0 Å². The van der Waals surface area contributed by atoms with Gasteiger partial charge in [-0.15, -0.1) is 0 Å². The lowest BCUT2D eigenvalue weighted by Crippen LogP contribution is -1.94. The van der Waals surface area contributed by atoms with Gasteiger partial charge in [0, 0.05) is 0 Å². The van der Waals surface area contributed by atoms with Gasteiger partial charge in [0.15, 0.2) is 0 Å². The van der Waals surface area contributed by atoms with Crippen molar-refractivity contribution in [2.75, 3.05) is 0 Å². The molecule has 0 bridgehead atoms. The molecule has 2 aromatic rings. The number of hydrogen-bond donors (Lipinski definition) is 0. The minimum absolute atomic E-state index is 0.699. The molecule has 0 unspecified atom stereocenters. The van der Waals surface area contributed by atoms with Crippen LogP contribution in [0.15, 0.2) is 48.5 Å². The first-order chi connectivity index (χ1) is 9.72. The highest BCUT2D eigenvalue weighted by Gasteiger charge is 2.05. The van der Waals surface area contributed by atoms with E-state index < -0.39 is 0 Å². The highest BCUT2D eigenvalue weighted by Crippen LogP contribution is 2.23. The first-order valence-electron chi connectivity index (χ1n) is 7.57. The van der Waals surface area contributed by atoms with Crippen molar-refractivity contribution in [1.82, 2.24) is 0 Å². The van der Waals surface area contributed by atoms with Crippen molar-refractivity contribution >= 4 is 12.2 Å². The van der Waals surface area contributed by atoms with Gasteiger partial charge in [-0.3, -0.25) is 0 Å². The SMILES string of the molecule is CCC(CC)c1ccc(/C=C/c2ccc(C)cc2)cc1. The molecule has 0 saturated heterocycles. The highest BCUT2D eigenvalue weighted by atomic mass is 14.1. The quantitative estimate of drug-likeness (QED) is 0.575. The summed E-state index contributed by atoms with van der Waals surface area (Å²) in [5.74, 6) is 0.699. The van der Waals surface area contributed by atoms with Gasteiger partial charge in [0.25, 0.3) is 0 Å². The molecule has 0 atom stereocenters. The van der Waals surface area contributed by atoms with Crippen molar-refractivity contribution in [3.8, 4) is 0 Å². The summed E-state index contributed by atoms with van der Waals surface area (Å²) in [7, 11) is 0. The third-order valence-corrected chi connectivity index (χ3v) is 3.94. The van der Waals surface area contributed by atoms with Gasteiger partial charge in [0.1, 0.15) is 0 Å². The highest BCUT2D eigenvalue weighted by molar-refractivity contribution is 5.69. The van der Waals surface area contributed by atoms with Crippen molar-refractivity contribution in [2.45, 2.75) is 39.5 Å². The Morgan fingerprint density at radius 2 is 1.20 bits per heavy atom. The van der Waals surface area contributed by atoms with Crippen LogP contribution >= 0.6 is 0 Å². The second kappa shape index (κ2) is 7.09. The molecule has 0 aliphatic rings. The zero-order chi connectivity index (χ0) is 14.4. The molecule has 2 aromatic carbocycles. The van der Waals surface area contributed by atoms with E-state index in [9.17, 15) is 0 Å². The van der Waals surface area contributed by atoms with Crippen LogP contribution < -0.4 is 0 Å². The van der Waals surface area contributed by atoms with Crippen LogP contribution in [0.25, 0.3) is 12.2 Å². The van der Waals surface area contributed by atoms with Gasteiger partial charge in [0.05, 0.1) is 0 Å². The third-order valence-electron chi connectivity index (χ3n) is 3.94. The van der Waals surface area contributed by atoms with E-state index in [1.807, 2.05) is 0 Å². The lowest BCUT2D eigenvalue weighted by Gasteiger charge is -2.12. The second-order valence-corrected chi connectivity index (χ2v) is 5.42. The molecule has 0 heterocycles. The molecule has 20 heavy (non-hydrogen) atoms. The average molecular weight is 264 g/mol. The molecule has 104 valence electrons. The predicted octanol–water partition coefficient (Wildman–Crippen LogP) is 6.07. The smallest absolute Gasteiger partial charge is 0.0167 e. The van der Waals surface area contributed by atoms with Crippen molar-refractivity contribution < 1.29 is 0 Å². The molecule has 0 saturated carbocycles. The lowest BCUT2D eigenvalue weighted by atomic mass is 9.93. The van der Waals surface area contributed by atoms with Crippen LogP contribution in [-0.4, -0.2) is 0 Å². The zero-order valence-electron chi connectivity index (χ0n) is 12.8.